The first-order valence-corrected chi connectivity index (χ1v) is 7.74. The van der Waals surface area contributed by atoms with Gasteiger partial charge in [-0.1, -0.05) is 6.07 Å². The Bertz CT molecular complexity index is 885. The number of imidazole rings is 1. The van der Waals surface area contributed by atoms with Gasteiger partial charge in [-0.15, -0.1) is 0 Å². The fourth-order valence-corrected chi connectivity index (χ4v) is 2.49. The SMILES string of the molecule is COc1ccc(-c2cnc(NC(=O)c3cccc(OC)c3)n2C)cc1. The van der Waals surface area contributed by atoms with Crippen LogP contribution in [0.15, 0.2) is 54.7 Å². The molecule has 0 fully saturated rings. The number of amides is 1. The molecule has 0 radical (unpaired) electrons. The summed E-state index contributed by atoms with van der Waals surface area (Å²) in [5.74, 6) is 1.65. The lowest BCUT2D eigenvalue weighted by molar-refractivity contribution is 0.102. The molecule has 0 aliphatic heterocycles. The van der Waals surface area contributed by atoms with E-state index in [1.54, 1.807) is 44.7 Å². The summed E-state index contributed by atoms with van der Waals surface area (Å²) in [5, 5.41) is 2.82. The second kappa shape index (κ2) is 7.09. The molecule has 1 amide bonds. The Labute approximate surface area is 146 Å². The van der Waals surface area contributed by atoms with E-state index in [2.05, 4.69) is 10.3 Å². The van der Waals surface area contributed by atoms with Crippen molar-refractivity contribution in [3.63, 3.8) is 0 Å². The number of aromatic nitrogens is 2. The molecule has 1 N–H and O–H groups in total. The molecule has 0 spiro atoms. The summed E-state index contributed by atoms with van der Waals surface area (Å²) in [4.78, 5) is 16.7. The van der Waals surface area contributed by atoms with Gasteiger partial charge in [0.15, 0.2) is 0 Å². The Morgan fingerprint density at radius 1 is 1.04 bits per heavy atom. The molecular formula is C19H19N3O3. The molecule has 2 aromatic carbocycles. The molecule has 0 saturated carbocycles. The minimum absolute atomic E-state index is 0.242. The first-order valence-electron chi connectivity index (χ1n) is 7.74. The average molecular weight is 337 g/mol. The van der Waals surface area contributed by atoms with E-state index in [4.69, 9.17) is 9.47 Å². The van der Waals surface area contributed by atoms with Gasteiger partial charge in [0.05, 0.1) is 26.1 Å². The number of carbonyl (C=O) groups is 1. The van der Waals surface area contributed by atoms with Crippen molar-refractivity contribution in [1.29, 1.82) is 0 Å². The predicted octanol–water partition coefficient (Wildman–Crippen LogP) is 3.36. The highest BCUT2D eigenvalue weighted by atomic mass is 16.5. The van der Waals surface area contributed by atoms with Gasteiger partial charge in [0.25, 0.3) is 5.91 Å². The molecule has 0 aliphatic carbocycles. The van der Waals surface area contributed by atoms with Crippen LogP contribution in [0.1, 0.15) is 10.4 Å². The number of hydrogen-bond acceptors (Lipinski definition) is 4. The van der Waals surface area contributed by atoms with E-state index >= 15 is 0 Å². The van der Waals surface area contributed by atoms with Crippen LogP contribution < -0.4 is 14.8 Å². The quantitative estimate of drug-likeness (QED) is 0.775. The second-order valence-corrected chi connectivity index (χ2v) is 5.44. The fraction of sp³-hybridized carbons (Fsp3) is 0.158. The summed E-state index contributed by atoms with van der Waals surface area (Å²) < 4.78 is 12.2. The van der Waals surface area contributed by atoms with Gasteiger partial charge < -0.3 is 14.0 Å². The van der Waals surface area contributed by atoms with E-state index < -0.39 is 0 Å². The van der Waals surface area contributed by atoms with Crippen molar-refractivity contribution in [2.45, 2.75) is 0 Å². The number of nitrogens with zero attached hydrogens (tertiary/aromatic N) is 2. The zero-order valence-corrected chi connectivity index (χ0v) is 14.3. The molecule has 1 aromatic heterocycles. The molecule has 0 atom stereocenters. The lowest BCUT2D eigenvalue weighted by atomic mass is 10.1. The lowest BCUT2D eigenvalue weighted by Crippen LogP contribution is -2.15. The highest BCUT2D eigenvalue weighted by molar-refractivity contribution is 6.03. The Morgan fingerprint density at radius 2 is 1.76 bits per heavy atom. The van der Waals surface area contributed by atoms with Crippen molar-refractivity contribution in [2.24, 2.45) is 7.05 Å². The van der Waals surface area contributed by atoms with Crippen LogP contribution in [-0.4, -0.2) is 29.7 Å². The number of benzene rings is 2. The van der Waals surface area contributed by atoms with E-state index in [1.807, 2.05) is 35.9 Å². The maximum atomic E-state index is 12.4. The van der Waals surface area contributed by atoms with Gasteiger partial charge in [0, 0.05) is 18.2 Å². The standard InChI is InChI=1S/C19H19N3O3/c1-22-17(13-7-9-15(24-2)10-8-13)12-20-19(22)21-18(23)14-5-4-6-16(11-14)25-3/h4-12H,1-3H3,(H,20,21,23). The number of rotatable bonds is 5. The first-order chi connectivity index (χ1) is 12.1. The van der Waals surface area contributed by atoms with Crippen molar-refractivity contribution >= 4 is 11.9 Å². The Kier molecular flexibility index (Phi) is 4.70. The molecule has 6 nitrogen and oxygen atoms in total. The second-order valence-electron chi connectivity index (χ2n) is 5.44. The zero-order chi connectivity index (χ0) is 17.8. The van der Waals surface area contributed by atoms with Gasteiger partial charge in [-0.2, -0.15) is 0 Å². The van der Waals surface area contributed by atoms with E-state index in [-0.39, 0.29) is 5.91 Å². The van der Waals surface area contributed by atoms with Crippen LogP contribution in [0.2, 0.25) is 0 Å². The van der Waals surface area contributed by atoms with Gasteiger partial charge in [-0.3, -0.25) is 10.1 Å². The topological polar surface area (TPSA) is 65.4 Å². The van der Waals surface area contributed by atoms with Crippen molar-refractivity contribution in [3.8, 4) is 22.8 Å². The van der Waals surface area contributed by atoms with Crippen molar-refractivity contribution in [3.05, 3.63) is 60.3 Å². The molecule has 6 heteroatoms. The van der Waals surface area contributed by atoms with E-state index in [9.17, 15) is 4.79 Å². The van der Waals surface area contributed by atoms with Crippen LogP contribution in [0.4, 0.5) is 5.95 Å². The monoisotopic (exact) mass is 337 g/mol. The number of nitrogens with one attached hydrogen (secondary N) is 1. The zero-order valence-electron chi connectivity index (χ0n) is 14.3. The lowest BCUT2D eigenvalue weighted by Gasteiger charge is -2.09. The number of ether oxygens (including phenoxy) is 2. The van der Waals surface area contributed by atoms with Gasteiger partial charge >= 0.3 is 0 Å². The maximum absolute atomic E-state index is 12.4. The maximum Gasteiger partial charge on any atom is 0.258 e. The summed E-state index contributed by atoms with van der Waals surface area (Å²) in [6, 6.07) is 14.6. The van der Waals surface area contributed by atoms with Gasteiger partial charge in [-0.25, -0.2) is 4.98 Å². The summed E-state index contributed by atoms with van der Waals surface area (Å²) in [7, 11) is 5.05. The average Bonchev–Trinajstić information content (AvgIpc) is 3.02. The Hall–Kier alpha value is -3.28. The smallest absolute Gasteiger partial charge is 0.258 e. The molecule has 25 heavy (non-hydrogen) atoms. The molecule has 3 aromatic rings. The van der Waals surface area contributed by atoms with Crippen LogP contribution >= 0.6 is 0 Å². The summed E-state index contributed by atoms with van der Waals surface area (Å²) in [5.41, 5.74) is 2.38. The van der Waals surface area contributed by atoms with E-state index in [0.717, 1.165) is 17.0 Å². The Balaban J connectivity index is 1.81. The minimum Gasteiger partial charge on any atom is -0.497 e. The van der Waals surface area contributed by atoms with E-state index in [0.29, 0.717) is 17.3 Å². The van der Waals surface area contributed by atoms with Crippen LogP contribution in [0, 0.1) is 0 Å². The van der Waals surface area contributed by atoms with Crippen molar-refractivity contribution in [2.75, 3.05) is 19.5 Å². The number of carbonyl (C=O) groups excluding carboxylic acids is 1. The van der Waals surface area contributed by atoms with Crippen LogP contribution in [0.5, 0.6) is 11.5 Å². The molecule has 0 bridgehead atoms. The van der Waals surface area contributed by atoms with Crippen LogP contribution in [0.25, 0.3) is 11.3 Å². The summed E-state index contributed by atoms with van der Waals surface area (Å²) >= 11 is 0. The largest absolute Gasteiger partial charge is 0.497 e. The van der Waals surface area contributed by atoms with Crippen molar-refractivity contribution < 1.29 is 14.3 Å². The predicted molar refractivity (Wildman–Crippen MR) is 96.1 cm³/mol. The highest BCUT2D eigenvalue weighted by Gasteiger charge is 2.13. The van der Waals surface area contributed by atoms with Crippen LogP contribution in [-0.2, 0) is 7.05 Å². The summed E-state index contributed by atoms with van der Waals surface area (Å²) in [6.07, 6.45) is 1.73. The third-order valence-corrected chi connectivity index (χ3v) is 3.93. The highest BCUT2D eigenvalue weighted by Crippen LogP contribution is 2.24. The van der Waals surface area contributed by atoms with E-state index in [1.165, 1.54) is 0 Å². The molecular weight excluding hydrogens is 318 g/mol. The molecule has 128 valence electrons. The number of hydrogen-bond donors (Lipinski definition) is 1. The van der Waals surface area contributed by atoms with Gasteiger partial charge in [0.1, 0.15) is 11.5 Å². The molecule has 0 aliphatic rings. The van der Waals surface area contributed by atoms with Gasteiger partial charge in [-0.05, 0) is 42.5 Å². The molecule has 0 saturated heterocycles. The minimum atomic E-state index is -0.242. The number of anilines is 1. The molecule has 1 heterocycles. The van der Waals surface area contributed by atoms with Gasteiger partial charge in [0.2, 0.25) is 5.95 Å². The molecule has 0 unspecified atom stereocenters. The third-order valence-electron chi connectivity index (χ3n) is 3.93. The normalized spacial score (nSPS) is 10.4. The first kappa shape index (κ1) is 16.6. The summed E-state index contributed by atoms with van der Waals surface area (Å²) in [6.45, 7) is 0. The third kappa shape index (κ3) is 3.47. The van der Waals surface area contributed by atoms with Crippen molar-refractivity contribution in [1.82, 2.24) is 9.55 Å². The Morgan fingerprint density at radius 3 is 2.44 bits per heavy atom. The fourth-order valence-electron chi connectivity index (χ4n) is 2.49. The van der Waals surface area contributed by atoms with Crippen LogP contribution in [0.3, 0.4) is 0 Å². The molecule has 3 rings (SSSR count). The number of methoxy groups -OCH3 is 2.